The Hall–Kier alpha value is -3.18. The molecule has 0 saturated carbocycles. The molecule has 1 saturated heterocycles. The van der Waals surface area contributed by atoms with E-state index in [0.717, 1.165) is 29.7 Å². The van der Waals surface area contributed by atoms with Crippen LogP contribution in [0.4, 0.5) is 4.39 Å². The van der Waals surface area contributed by atoms with Gasteiger partial charge in [-0.05, 0) is 54.3 Å². The molecule has 1 N–H and O–H groups in total. The van der Waals surface area contributed by atoms with Gasteiger partial charge in [-0.1, -0.05) is 54.6 Å². The molecular weight excluding hydrogens is 393 g/mol. The fourth-order valence-corrected chi connectivity index (χ4v) is 4.44. The lowest BCUT2D eigenvalue weighted by Gasteiger charge is -2.38. The molecule has 0 aromatic heterocycles. The highest BCUT2D eigenvalue weighted by Gasteiger charge is 2.32. The van der Waals surface area contributed by atoms with Crippen molar-refractivity contribution in [1.29, 1.82) is 0 Å². The van der Waals surface area contributed by atoms with Gasteiger partial charge in [0.05, 0.1) is 19.1 Å². The van der Waals surface area contributed by atoms with E-state index in [0.29, 0.717) is 24.3 Å². The van der Waals surface area contributed by atoms with Gasteiger partial charge in [-0.3, -0.25) is 9.69 Å². The lowest BCUT2D eigenvalue weighted by molar-refractivity contribution is -0.143. The topological polar surface area (TPSA) is 49.8 Å². The molecule has 4 nitrogen and oxygen atoms in total. The van der Waals surface area contributed by atoms with Crippen LogP contribution in [0, 0.1) is 11.7 Å². The lowest BCUT2D eigenvalue weighted by atomic mass is 9.90. The third kappa shape index (κ3) is 4.62. The van der Waals surface area contributed by atoms with Crippen molar-refractivity contribution in [2.75, 3.05) is 20.2 Å². The van der Waals surface area contributed by atoms with Gasteiger partial charge in [-0.15, -0.1) is 0 Å². The normalized spacial score (nSPS) is 17.8. The quantitative estimate of drug-likeness (QED) is 0.582. The van der Waals surface area contributed by atoms with Gasteiger partial charge in [0.15, 0.2) is 0 Å². The first-order chi connectivity index (χ1) is 15.1. The molecule has 1 aliphatic heterocycles. The van der Waals surface area contributed by atoms with Crippen LogP contribution in [-0.2, 0) is 4.79 Å². The summed E-state index contributed by atoms with van der Waals surface area (Å²) in [6, 6.07) is 22.5. The Morgan fingerprint density at radius 3 is 2.45 bits per heavy atom. The van der Waals surface area contributed by atoms with Gasteiger partial charge >= 0.3 is 5.97 Å². The molecule has 2 atom stereocenters. The SMILES string of the molecule is COc1ccc(F)cc1C(c1ccc(-c2ccccc2)cc1)N1CCCC(C(=O)O)C1. The van der Waals surface area contributed by atoms with E-state index in [9.17, 15) is 14.3 Å². The second-order valence-corrected chi connectivity index (χ2v) is 7.95. The second kappa shape index (κ2) is 9.31. The number of ether oxygens (including phenoxy) is 1. The predicted molar refractivity (Wildman–Crippen MR) is 119 cm³/mol. The molecule has 0 spiro atoms. The van der Waals surface area contributed by atoms with Crippen molar-refractivity contribution in [2.45, 2.75) is 18.9 Å². The number of carbonyl (C=O) groups is 1. The maximum atomic E-state index is 14.2. The summed E-state index contributed by atoms with van der Waals surface area (Å²) in [4.78, 5) is 13.8. The Morgan fingerprint density at radius 1 is 1.06 bits per heavy atom. The zero-order chi connectivity index (χ0) is 21.8. The number of piperidine rings is 1. The van der Waals surface area contributed by atoms with Crippen LogP contribution >= 0.6 is 0 Å². The summed E-state index contributed by atoms with van der Waals surface area (Å²) in [6.45, 7) is 1.16. The average Bonchev–Trinajstić information content (AvgIpc) is 2.81. The maximum absolute atomic E-state index is 14.2. The van der Waals surface area contributed by atoms with E-state index in [1.807, 2.05) is 30.3 Å². The van der Waals surface area contributed by atoms with Crippen molar-refractivity contribution >= 4 is 5.97 Å². The first-order valence-electron chi connectivity index (χ1n) is 10.5. The minimum absolute atomic E-state index is 0.294. The van der Waals surface area contributed by atoms with Gasteiger partial charge in [-0.25, -0.2) is 4.39 Å². The number of hydrogen-bond acceptors (Lipinski definition) is 3. The van der Waals surface area contributed by atoms with Crippen LogP contribution in [0.3, 0.4) is 0 Å². The number of likely N-dealkylation sites (tertiary alicyclic amines) is 1. The Bertz CT molecular complexity index is 1040. The van der Waals surface area contributed by atoms with Crippen LogP contribution in [0.25, 0.3) is 11.1 Å². The van der Waals surface area contributed by atoms with Crippen molar-refractivity contribution < 1.29 is 19.0 Å². The Morgan fingerprint density at radius 2 is 1.77 bits per heavy atom. The molecule has 5 heteroatoms. The average molecular weight is 419 g/mol. The van der Waals surface area contributed by atoms with Crippen molar-refractivity contribution in [2.24, 2.45) is 5.92 Å². The number of methoxy groups -OCH3 is 1. The van der Waals surface area contributed by atoms with Crippen molar-refractivity contribution in [3.63, 3.8) is 0 Å². The first kappa shape index (κ1) is 21.1. The summed E-state index contributed by atoms with van der Waals surface area (Å²) in [6.07, 6.45) is 1.44. The predicted octanol–water partition coefficient (Wildman–Crippen LogP) is 5.39. The highest BCUT2D eigenvalue weighted by atomic mass is 19.1. The molecule has 4 rings (SSSR count). The van der Waals surface area contributed by atoms with Crippen LogP contribution in [0.1, 0.15) is 30.0 Å². The molecule has 2 unspecified atom stereocenters. The first-order valence-corrected chi connectivity index (χ1v) is 10.5. The van der Waals surface area contributed by atoms with E-state index in [4.69, 9.17) is 4.74 Å². The molecule has 0 amide bonds. The van der Waals surface area contributed by atoms with Crippen LogP contribution < -0.4 is 4.74 Å². The molecule has 1 fully saturated rings. The van der Waals surface area contributed by atoms with Gasteiger partial charge in [0.2, 0.25) is 0 Å². The summed E-state index contributed by atoms with van der Waals surface area (Å²) >= 11 is 0. The molecular formula is C26H26FNO3. The largest absolute Gasteiger partial charge is 0.496 e. The Kier molecular flexibility index (Phi) is 6.33. The lowest BCUT2D eigenvalue weighted by Crippen LogP contribution is -2.41. The van der Waals surface area contributed by atoms with Crippen LogP contribution in [0.5, 0.6) is 5.75 Å². The molecule has 0 bridgehead atoms. The summed E-state index contributed by atoms with van der Waals surface area (Å²) in [7, 11) is 1.57. The minimum Gasteiger partial charge on any atom is -0.496 e. The van der Waals surface area contributed by atoms with Gasteiger partial charge < -0.3 is 9.84 Å². The number of benzene rings is 3. The third-order valence-electron chi connectivity index (χ3n) is 5.99. The molecule has 0 radical (unpaired) electrons. The molecule has 160 valence electrons. The van der Waals surface area contributed by atoms with Crippen molar-refractivity contribution in [1.82, 2.24) is 4.90 Å². The highest BCUT2D eigenvalue weighted by molar-refractivity contribution is 5.70. The molecule has 3 aromatic carbocycles. The Balaban J connectivity index is 1.76. The monoisotopic (exact) mass is 419 g/mol. The molecule has 3 aromatic rings. The molecule has 1 aliphatic rings. The van der Waals surface area contributed by atoms with Crippen LogP contribution in [0.2, 0.25) is 0 Å². The number of carboxylic acids is 1. The van der Waals surface area contributed by atoms with Gasteiger partial charge in [-0.2, -0.15) is 0 Å². The number of carboxylic acid groups (broad SMARTS) is 1. The van der Waals surface area contributed by atoms with E-state index in [2.05, 4.69) is 29.2 Å². The number of hydrogen-bond donors (Lipinski definition) is 1. The Labute approximate surface area is 181 Å². The number of halogens is 1. The molecule has 31 heavy (non-hydrogen) atoms. The fourth-order valence-electron chi connectivity index (χ4n) is 4.44. The summed E-state index contributed by atoms with van der Waals surface area (Å²) < 4.78 is 19.8. The van der Waals surface area contributed by atoms with Crippen molar-refractivity contribution in [3.05, 3.63) is 89.7 Å². The van der Waals surface area contributed by atoms with Crippen LogP contribution in [0.15, 0.2) is 72.8 Å². The zero-order valence-corrected chi connectivity index (χ0v) is 17.5. The molecule has 0 aliphatic carbocycles. The van der Waals surface area contributed by atoms with E-state index >= 15 is 0 Å². The van der Waals surface area contributed by atoms with Gasteiger partial charge in [0.1, 0.15) is 11.6 Å². The third-order valence-corrected chi connectivity index (χ3v) is 5.99. The number of aliphatic carboxylic acids is 1. The standard InChI is InChI=1S/C26H26FNO3/c1-31-24-14-13-22(27)16-23(24)25(28-15-5-8-21(17-28)26(29)30)20-11-9-19(10-12-20)18-6-3-2-4-7-18/h2-4,6-7,9-14,16,21,25H,5,8,15,17H2,1H3,(H,29,30). The smallest absolute Gasteiger partial charge is 0.307 e. The van der Waals surface area contributed by atoms with Gasteiger partial charge in [0.25, 0.3) is 0 Å². The van der Waals surface area contributed by atoms with E-state index in [1.54, 1.807) is 13.2 Å². The minimum atomic E-state index is -0.783. The highest BCUT2D eigenvalue weighted by Crippen LogP contribution is 2.38. The van der Waals surface area contributed by atoms with E-state index in [1.165, 1.54) is 12.1 Å². The molecule has 1 heterocycles. The van der Waals surface area contributed by atoms with Gasteiger partial charge in [0, 0.05) is 12.1 Å². The zero-order valence-electron chi connectivity index (χ0n) is 17.5. The maximum Gasteiger partial charge on any atom is 0.307 e. The summed E-state index contributed by atoms with van der Waals surface area (Å²) in [5.41, 5.74) is 3.91. The van der Waals surface area contributed by atoms with Crippen molar-refractivity contribution in [3.8, 4) is 16.9 Å². The van der Waals surface area contributed by atoms with Crippen LogP contribution in [-0.4, -0.2) is 36.2 Å². The summed E-state index contributed by atoms with van der Waals surface area (Å²) in [5, 5.41) is 9.57. The fraction of sp³-hybridized carbons (Fsp3) is 0.269. The number of nitrogens with zero attached hydrogens (tertiary/aromatic N) is 1. The second-order valence-electron chi connectivity index (χ2n) is 7.95. The summed E-state index contributed by atoms with van der Waals surface area (Å²) in [5.74, 6) is -0.960. The number of rotatable bonds is 6. The van der Waals surface area contributed by atoms with E-state index in [-0.39, 0.29) is 11.9 Å². The van der Waals surface area contributed by atoms with E-state index < -0.39 is 11.9 Å².